The van der Waals surface area contributed by atoms with E-state index in [0.29, 0.717) is 12.8 Å². The molecule has 0 aromatic carbocycles. The summed E-state index contributed by atoms with van der Waals surface area (Å²) in [5.74, 6) is -2.88. The maximum absolute atomic E-state index is 12.9. The van der Waals surface area contributed by atoms with Gasteiger partial charge in [0, 0.05) is 0 Å². The number of halogens is 6. The van der Waals surface area contributed by atoms with Crippen molar-refractivity contribution in [2.45, 2.75) is 63.9 Å². The van der Waals surface area contributed by atoms with E-state index < -0.39 is 53.6 Å². The molecule has 2 aliphatic rings. The zero-order chi connectivity index (χ0) is 23.1. The molecule has 0 heterocycles. The van der Waals surface area contributed by atoms with Gasteiger partial charge in [0.05, 0.1) is 25.6 Å². The Bertz CT molecular complexity index is 643. The molecular formula is C19H26F6O5. The maximum Gasteiger partial charge on any atom is 0.426 e. The largest absolute Gasteiger partial charge is 0.469 e. The van der Waals surface area contributed by atoms with Gasteiger partial charge in [0.25, 0.3) is 5.60 Å². The second-order valence-corrected chi connectivity index (χ2v) is 9.04. The number of fused-ring (bicyclic) bond motifs is 2. The molecule has 0 aromatic rings. The van der Waals surface area contributed by atoms with E-state index in [0.717, 1.165) is 0 Å². The first-order chi connectivity index (χ1) is 13.5. The second kappa shape index (κ2) is 8.20. The molecule has 0 radical (unpaired) electrons. The van der Waals surface area contributed by atoms with Gasteiger partial charge in [0.2, 0.25) is 0 Å². The molecule has 2 bridgehead atoms. The Morgan fingerprint density at radius 1 is 0.933 bits per heavy atom. The zero-order valence-corrected chi connectivity index (χ0v) is 16.9. The van der Waals surface area contributed by atoms with Crippen molar-refractivity contribution < 1.29 is 50.5 Å². The standard InChI is InChI=1S/C19H26F6O5/c1-16(2,8-14(26)29-3)15(27)30-9-13-6-10-4-11(13)5-12(10)7-17(28,18(20,21)22)19(23,24)25/h10-13,28H,4-9H2,1-3H3. The van der Waals surface area contributed by atoms with Crippen molar-refractivity contribution in [1.29, 1.82) is 0 Å². The van der Waals surface area contributed by atoms with Gasteiger partial charge in [-0.05, 0) is 63.2 Å². The molecule has 2 saturated carbocycles. The topological polar surface area (TPSA) is 72.8 Å². The SMILES string of the molecule is COC(=O)CC(C)(C)C(=O)OCC1CC2CC1CC2CC(O)(C(F)(F)F)C(F)(F)F. The van der Waals surface area contributed by atoms with Crippen LogP contribution in [0.1, 0.15) is 46.0 Å². The van der Waals surface area contributed by atoms with Gasteiger partial charge in [-0.1, -0.05) is 0 Å². The van der Waals surface area contributed by atoms with Crippen LogP contribution in [0.4, 0.5) is 26.3 Å². The van der Waals surface area contributed by atoms with Crippen molar-refractivity contribution in [1.82, 2.24) is 0 Å². The summed E-state index contributed by atoms with van der Waals surface area (Å²) >= 11 is 0. The van der Waals surface area contributed by atoms with Gasteiger partial charge in [0.1, 0.15) is 0 Å². The van der Waals surface area contributed by atoms with E-state index in [2.05, 4.69) is 4.74 Å². The summed E-state index contributed by atoms with van der Waals surface area (Å²) in [6.07, 6.45) is -12.4. The lowest BCUT2D eigenvalue weighted by Gasteiger charge is -2.37. The molecule has 11 heteroatoms. The van der Waals surface area contributed by atoms with Crippen LogP contribution in [-0.2, 0) is 19.1 Å². The number of esters is 2. The van der Waals surface area contributed by atoms with E-state index in [1.807, 2.05) is 0 Å². The summed E-state index contributed by atoms with van der Waals surface area (Å²) in [6.45, 7) is 3.01. The molecule has 174 valence electrons. The van der Waals surface area contributed by atoms with Gasteiger partial charge in [-0.3, -0.25) is 9.59 Å². The van der Waals surface area contributed by atoms with E-state index in [4.69, 9.17) is 4.74 Å². The van der Waals surface area contributed by atoms with Crippen molar-refractivity contribution >= 4 is 11.9 Å². The Balaban J connectivity index is 1.93. The van der Waals surface area contributed by atoms with Crippen molar-refractivity contribution in [2.75, 3.05) is 13.7 Å². The van der Waals surface area contributed by atoms with Crippen LogP contribution < -0.4 is 0 Å². The third-order valence-electron chi connectivity index (χ3n) is 6.44. The predicted molar refractivity (Wildman–Crippen MR) is 90.9 cm³/mol. The fraction of sp³-hybridized carbons (Fsp3) is 0.895. The average molecular weight is 448 g/mol. The summed E-state index contributed by atoms with van der Waals surface area (Å²) in [5, 5.41) is 9.44. The van der Waals surface area contributed by atoms with Gasteiger partial charge >= 0.3 is 24.3 Å². The average Bonchev–Trinajstić information content (AvgIpc) is 3.16. The summed E-state index contributed by atoms with van der Waals surface area (Å²) in [6, 6.07) is 0. The van der Waals surface area contributed by atoms with E-state index >= 15 is 0 Å². The zero-order valence-electron chi connectivity index (χ0n) is 16.9. The molecule has 30 heavy (non-hydrogen) atoms. The van der Waals surface area contributed by atoms with Crippen LogP contribution in [0.5, 0.6) is 0 Å². The fourth-order valence-electron chi connectivity index (χ4n) is 4.62. The number of rotatable bonds is 7. The molecule has 2 aliphatic carbocycles. The lowest BCUT2D eigenvalue weighted by molar-refractivity contribution is -0.373. The second-order valence-electron chi connectivity index (χ2n) is 9.04. The minimum absolute atomic E-state index is 0.0138. The summed E-state index contributed by atoms with van der Waals surface area (Å²) in [7, 11) is 1.19. The highest BCUT2D eigenvalue weighted by Gasteiger charge is 2.71. The van der Waals surface area contributed by atoms with Crippen LogP contribution in [0.3, 0.4) is 0 Å². The molecule has 4 unspecified atom stereocenters. The smallest absolute Gasteiger partial charge is 0.426 e. The van der Waals surface area contributed by atoms with Gasteiger partial charge in [0.15, 0.2) is 0 Å². The van der Waals surface area contributed by atoms with Crippen molar-refractivity contribution in [2.24, 2.45) is 29.1 Å². The Morgan fingerprint density at radius 2 is 1.43 bits per heavy atom. The van der Waals surface area contributed by atoms with Crippen LogP contribution >= 0.6 is 0 Å². The molecule has 1 N–H and O–H groups in total. The highest BCUT2D eigenvalue weighted by molar-refractivity contribution is 5.82. The molecule has 5 nitrogen and oxygen atoms in total. The highest BCUT2D eigenvalue weighted by atomic mass is 19.4. The summed E-state index contributed by atoms with van der Waals surface area (Å²) < 4.78 is 87.5. The van der Waals surface area contributed by atoms with Crippen LogP contribution in [-0.4, -0.2) is 48.7 Å². The molecule has 0 saturated heterocycles. The normalized spacial score (nSPS) is 27.3. The number of carbonyl (C=O) groups is 2. The first-order valence-corrected chi connectivity index (χ1v) is 9.61. The number of hydrogen-bond donors (Lipinski definition) is 1. The van der Waals surface area contributed by atoms with Gasteiger partial charge in [-0.2, -0.15) is 26.3 Å². The molecule has 0 aromatic heterocycles. The molecule has 0 spiro atoms. The Hall–Kier alpha value is -1.52. The van der Waals surface area contributed by atoms with Crippen molar-refractivity contribution in [3.05, 3.63) is 0 Å². The van der Waals surface area contributed by atoms with Gasteiger partial charge < -0.3 is 14.6 Å². The first kappa shape index (κ1) is 24.7. The molecule has 4 atom stereocenters. The van der Waals surface area contributed by atoms with Crippen LogP contribution in [0.15, 0.2) is 0 Å². The molecular weight excluding hydrogens is 422 g/mol. The van der Waals surface area contributed by atoms with Crippen LogP contribution in [0.2, 0.25) is 0 Å². The van der Waals surface area contributed by atoms with E-state index in [9.17, 15) is 41.0 Å². The Morgan fingerprint density at radius 3 is 1.87 bits per heavy atom. The monoisotopic (exact) mass is 448 g/mol. The molecule has 0 amide bonds. The maximum atomic E-state index is 12.9. The van der Waals surface area contributed by atoms with Crippen LogP contribution in [0, 0.1) is 29.1 Å². The minimum atomic E-state index is -5.81. The van der Waals surface area contributed by atoms with E-state index in [1.54, 1.807) is 0 Å². The molecule has 0 aliphatic heterocycles. The lowest BCUT2D eigenvalue weighted by Crippen LogP contribution is -2.58. The number of carbonyl (C=O) groups excluding carboxylic acids is 2. The lowest BCUT2D eigenvalue weighted by atomic mass is 9.76. The third kappa shape index (κ3) is 4.86. The van der Waals surface area contributed by atoms with Crippen molar-refractivity contribution in [3.8, 4) is 0 Å². The predicted octanol–water partition coefficient (Wildman–Crippen LogP) is 4.03. The van der Waals surface area contributed by atoms with E-state index in [1.165, 1.54) is 21.0 Å². The Labute approximate surface area is 170 Å². The molecule has 2 fully saturated rings. The number of hydrogen-bond acceptors (Lipinski definition) is 5. The highest BCUT2D eigenvalue weighted by Crippen LogP contribution is 2.57. The van der Waals surface area contributed by atoms with Crippen LogP contribution in [0.25, 0.3) is 0 Å². The number of methoxy groups -OCH3 is 1. The fourth-order valence-corrected chi connectivity index (χ4v) is 4.62. The number of alkyl halides is 6. The van der Waals surface area contributed by atoms with Gasteiger partial charge in [-0.25, -0.2) is 0 Å². The summed E-state index contributed by atoms with van der Waals surface area (Å²) in [5.41, 5.74) is -5.85. The number of ether oxygens (including phenoxy) is 2. The van der Waals surface area contributed by atoms with Gasteiger partial charge in [-0.15, -0.1) is 0 Å². The third-order valence-corrected chi connectivity index (χ3v) is 6.44. The first-order valence-electron chi connectivity index (χ1n) is 9.61. The molecule has 2 rings (SSSR count). The summed E-state index contributed by atoms with van der Waals surface area (Å²) in [4.78, 5) is 23.6. The Kier molecular flexibility index (Phi) is 6.76. The number of aliphatic hydroxyl groups is 1. The minimum Gasteiger partial charge on any atom is -0.469 e. The quantitative estimate of drug-likeness (QED) is 0.470. The van der Waals surface area contributed by atoms with E-state index in [-0.39, 0.29) is 31.3 Å². The van der Waals surface area contributed by atoms with Crippen molar-refractivity contribution in [3.63, 3.8) is 0 Å².